The first kappa shape index (κ1) is 11.9. The van der Waals surface area contributed by atoms with E-state index in [0.29, 0.717) is 0 Å². The van der Waals surface area contributed by atoms with Gasteiger partial charge < -0.3 is 9.84 Å². The van der Waals surface area contributed by atoms with Crippen LogP contribution in [0.4, 0.5) is 4.39 Å². The van der Waals surface area contributed by atoms with E-state index in [0.717, 1.165) is 6.07 Å². The molecule has 17 heavy (non-hydrogen) atoms. The summed E-state index contributed by atoms with van der Waals surface area (Å²) in [5.41, 5.74) is 0. The highest BCUT2D eigenvalue weighted by atomic mass is 35.5. The predicted octanol–water partition coefficient (Wildman–Crippen LogP) is 3.42. The van der Waals surface area contributed by atoms with Crippen LogP contribution in [0.25, 0.3) is 0 Å². The minimum Gasteiger partial charge on any atom is -0.504 e. The van der Waals surface area contributed by atoms with Crippen molar-refractivity contribution in [1.82, 2.24) is 9.97 Å². The monoisotopic (exact) mass is 274 g/mol. The van der Waals surface area contributed by atoms with Gasteiger partial charge in [0.1, 0.15) is 5.02 Å². The van der Waals surface area contributed by atoms with E-state index in [2.05, 4.69) is 9.97 Å². The van der Waals surface area contributed by atoms with Gasteiger partial charge in [-0.1, -0.05) is 17.7 Å². The van der Waals surface area contributed by atoms with E-state index >= 15 is 0 Å². The number of aromatic hydroxyl groups is 1. The lowest BCUT2D eigenvalue weighted by Crippen LogP contribution is -1.94. The predicted molar refractivity (Wildman–Crippen MR) is 60.2 cm³/mol. The van der Waals surface area contributed by atoms with Crippen LogP contribution in [0, 0.1) is 5.82 Å². The Kier molecular flexibility index (Phi) is 3.31. The number of aromatic nitrogens is 2. The van der Waals surface area contributed by atoms with Crippen LogP contribution in [0.5, 0.6) is 17.4 Å². The summed E-state index contributed by atoms with van der Waals surface area (Å²) in [7, 11) is 0. The van der Waals surface area contributed by atoms with E-state index in [4.69, 9.17) is 27.9 Å². The number of para-hydroxylation sites is 1. The van der Waals surface area contributed by atoms with Gasteiger partial charge in [-0.25, -0.2) is 9.37 Å². The number of phenols is 1. The highest BCUT2D eigenvalue weighted by molar-refractivity contribution is 6.32. The molecule has 1 aromatic heterocycles. The smallest absolute Gasteiger partial charge is 0.242 e. The molecule has 0 fully saturated rings. The molecule has 2 rings (SSSR count). The Hall–Kier alpha value is -1.59. The minimum atomic E-state index is -0.740. The summed E-state index contributed by atoms with van der Waals surface area (Å²) in [4.78, 5) is 7.28. The lowest BCUT2D eigenvalue weighted by atomic mass is 10.3. The van der Waals surface area contributed by atoms with E-state index in [-0.39, 0.29) is 27.7 Å². The second-order valence-electron chi connectivity index (χ2n) is 2.98. The third kappa shape index (κ3) is 2.57. The van der Waals surface area contributed by atoms with Gasteiger partial charge in [-0.05, 0) is 23.7 Å². The summed E-state index contributed by atoms with van der Waals surface area (Å²) < 4.78 is 18.4. The molecule has 2 aromatic rings. The summed E-state index contributed by atoms with van der Waals surface area (Å²) in [6, 6.07) is 3.74. The Labute approximate surface area is 106 Å². The number of ether oxygens (including phenoxy) is 1. The highest BCUT2D eigenvalue weighted by Gasteiger charge is 2.14. The third-order valence-corrected chi connectivity index (χ3v) is 2.27. The zero-order chi connectivity index (χ0) is 12.4. The topological polar surface area (TPSA) is 55.2 Å². The Morgan fingerprint density at radius 3 is 2.76 bits per heavy atom. The average Bonchev–Trinajstić information content (AvgIpc) is 2.28. The first-order chi connectivity index (χ1) is 8.08. The summed E-state index contributed by atoms with van der Waals surface area (Å²) >= 11 is 11.3. The van der Waals surface area contributed by atoms with Gasteiger partial charge in [-0.2, -0.15) is 4.98 Å². The van der Waals surface area contributed by atoms with Crippen molar-refractivity contribution in [2.45, 2.75) is 0 Å². The van der Waals surface area contributed by atoms with Gasteiger partial charge in [0.15, 0.2) is 11.6 Å². The summed E-state index contributed by atoms with van der Waals surface area (Å²) in [5, 5.41) is 9.38. The molecule has 88 valence electrons. The Morgan fingerprint density at radius 2 is 2.06 bits per heavy atom. The molecule has 0 aliphatic rings. The average molecular weight is 275 g/mol. The van der Waals surface area contributed by atoms with E-state index in [1.807, 2.05) is 0 Å². The van der Waals surface area contributed by atoms with Crippen molar-refractivity contribution in [3.05, 3.63) is 40.5 Å². The zero-order valence-corrected chi connectivity index (χ0v) is 9.71. The van der Waals surface area contributed by atoms with E-state index in [1.54, 1.807) is 0 Å². The zero-order valence-electron chi connectivity index (χ0n) is 8.19. The fourth-order valence-corrected chi connectivity index (χ4v) is 1.35. The number of phenolic OH excluding ortho intramolecular Hbond substituents is 1. The first-order valence-corrected chi connectivity index (χ1v) is 5.17. The van der Waals surface area contributed by atoms with E-state index in [1.165, 1.54) is 18.3 Å². The molecule has 1 heterocycles. The van der Waals surface area contributed by atoms with Crippen LogP contribution in [-0.4, -0.2) is 15.1 Å². The van der Waals surface area contributed by atoms with Gasteiger partial charge >= 0.3 is 0 Å². The van der Waals surface area contributed by atoms with Crippen LogP contribution in [-0.2, 0) is 0 Å². The molecule has 0 atom stereocenters. The van der Waals surface area contributed by atoms with Crippen molar-refractivity contribution < 1.29 is 14.2 Å². The second-order valence-corrected chi connectivity index (χ2v) is 3.73. The number of halogens is 3. The maximum Gasteiger partial charge on any atom is 0.242 e. The lowest BCUT2D eigenvalue weighted by Gasteiger charge is -2.08. The lowest BCUT2D eigenvalue weighted by molar-refractivity contribution is 0.379. The Balaban J connectivity index is 2.41. The van der Waals surface area contributed by atoms with Crippen LogP contribution in [0.2, 0.25) is 10.3 Å². The van der Waals surface area contributed by atoms with Gasteiger partial charge in [0, 0.05) is 0 Å². The van der Waals surface area contributed by atoms with Crippen LogP contribution in [0.1, 0.15) is 0 Å². The quantitative estimate of drug-likeness (QED) is 0.853. The summed E-state index contributed by atoms with van der Waals surface area (Å²) in [6.07, 6.45) is 1.21. The van der Waals surface area contributed by atoms with Crippen molar-refractivity contribution in [2.24, 2.45) is 0 Å². The van der Waals surface area contributed by atoms with Crippen molar-refractivity contribution in [3.8, 4) is 17.4 Å². The molecule has 7 heteroatoms. The SMILES string of the molecule is Oc1cccc(F)c1Oc1nc(Cl)ncc1Cl. The molecule has 0 saturated carbocycles. The molecule has 0 aliphatic carbocycles. The van der Waals surface area contributed by atoms with Gasteiger partial charge in [0.2, 0.25) is 16.9 Å². The maximum atomic E-state index is 13.4. The largest absolute Gasteiger partial charge is 0.504 e. The molecule has 0 aliphatic heterocycles. The van der Waals surface area contributed by atoms with E-state index in [9.17, 15) is 9.50 Å². The van der Waals surface area contributed by atoms with Crippen molar-refractivity contribution in [1.29, 1.82) is 0 Å². The molecule has 0 amide bonds. The fraction of sp³-hybridized carbons (Fsp3) is 0. The number of nitrogens with zero attached hydrogens (tertiary/aromatic N) is 2. The highest BCUT2D eigenvalue weighted by Crippen LogP contribution is 2.35. The molecule has 0 bridgehead atoms. The van der Waals surface area contributed by atoms with Crippen molar-refractivity contribution in [3.63, 3.8) is 0 Å². The molecule has 4 nitrogen and oxygen atoms in total. The molecule has 1 N–H and O–H groups in total. The fourth-order valence-electron chi connectivity index (χ4n) is 1.10. The van der Waals surface area contributed by atoms with Gasteiger partial charge in [-0.3, -0.25) is 0 Å². The number of hydrogen-bond donors (Lipinski definition) is 1. The van der Waals surface area contributed by atoms with Crippen LogP contribution >= 0.6 is 23.2 Å². The number of rotatable bonds is 2. The molecule has 0 radical (unpaired) electrons. The maximum absolute atomic E-state index is 13.4. The summed E-state index contributed by atoms with van der Waals surface area (Å²) in [6.45, 7) is 0. The van der Waals surface area contributed by atoms with Crippen LogP contribution in [0.3, 0.4) is 0 Å². The Bertz CT molecular complexity index is 546. The van der Waals surface area contributed by atoms with Gasteiger partial charge in [0.05, 0.1) is 6.20 Å². The molecular formula is C10H5Cl2FN2O2. The number of hydrogen-bond acceptors (Lipinski definition) is 4. The first-order valence-electron chi connectivity index (χ1n) is 4.41. The molecule has 0 unspecified atom stereocenters. The van der Waals surface area contributed by atoms with Crippen LogP contribution in [0.15, 0.2) is 24.4 Å². The minimum absolute atomic E-state index is 0.0528. The second kappa shape index (κ2) is 4.73. The van der Waals surface area contributed by atoms with Gasteiger partial charge in [-0.15, -0.1) is 0 Å². The molecule has 0 spiro atoms. The molecular weight excluding hydrogens is 270 g/mol. The molecule has 0 saturated heterocycles. The summed E-state index contributed by atoms with van der Waals surface area (Å²) in [5.74, 6) is -1.61. The van der Waals surface area contributed by atoms with Crippen molar-refractivity contribution >= 4 is 23.2 Å². The normalized spacial score (nSPS) is 10.3. The third-order valence-electron chi connectivity index (χ3n) is 1.83. The Morgan fingerprint density at radius 1 is 1.29 bits per heavy atom. The van der Waals surface area contributed by atoms with Gasteiger partial charge in [0.25, 0.3) is 0 Å². The standard InChI is InChI=1S/C10H5Cl2FN2O2/c11-5-4-14-10(12)15-9(5)17-8-6(13)2-1-3-7(8)16/h1-4,16H. The van der Waals surface area contributed by atoms with Crippen LogP contribution < -0.4 is 4.74 Å². The van der Waals surface area contributed by atoms with Crippen molar-refractivity contribution in [2.75, 3.05) is 0 Å². The van der Waals surface area contributed by atoms with E-state index < -0.39 is 5.82 Å². The number of benzene rings is 1. The molecule has 1 aromatic carbocycles.